The highest BCUT2D eigenvalue weighted by molar-refractivity contribution is 7.47. The summed E-state index contributed by atoms with van der Waals surface area (Å²) in [6.45, 7) is 12.0. The molecule has 0 bridgehead atoms. The maximum Gasteiger partial charge on any atom is 0.472 e. The van der Waals surface area contributed by atoms with Crippen molar-refractivity contribution in [2.45, 2.75) is 439 Å². The van der Waals surface area contributed by atoms with Crippen LogP contribution in [0.2, 0.25) is 0 Å². The van der Waals surface area contributed by atoms with Crippen LogP contribution in [0.3, 0.4) is 0 Å². The molecule has 6 atom stereocenters. The van der Waals surface area contributed by atoms with Gasteiger partial charge < -0.3 is 33.8 Å². The van der Waals surface area contributed by atoms with Crippen LogP contribution >= 0.6 is 15.6 Å². The number of rotatable bonds is 79. The minimum atomic E-state index is -4.96. The quantitative estimate of drug-likeness (QED) is 0.0222. The number of unbranched alkanes of at least 4 members (excludes halogenated alkanes) is 46. The van der Waals surface area contributed by atoms with E-state index in [9.17, 15) is 43.2 Å². The largest absolute Gasteiger partial charge is 0.472 e. The SMILES string of the molecule is CCCCCCCCCCCCCCCCCCCCCC(=O)O[C@H](COC(=O)CCCCCCCCCCCCCCC(C)C)COP(=O)(O)OC[C@@H](O)COP(=O)(O)OC[C@@H](COC(=O)CCCCCCCCCCC(C)CC)OC(=O)CCCCCCCCCCCCCC(C)C. The van der Waals surface area contributed by atoms with Crippen molar-refractivity contribution in [2.75, 3.05) is 39.6 Å². The van der Waals surface area contributed by atoms with Gasteiger partial charge in [0.2, 0.25) is 0 Å². The fraction of sp³-hybridized carbons (Fsp3) is 0.951. The topological polar surface area (TPSA) is 237 Å². The molecule has 0 aromatic rings. The van der Waals surface area contributed by atoms with Gasteiger partial charge in [-0.2, -0.15) is 0 Å². The molecule has 0 aliphatic heterocycles. The van der Waals surface area contributed by atoms with E-state index in [1.807, 2.05) is 0 Å². The third-order valence-corrected chi connectivity index (χ3v) is 21.1. The van der Waals surface area contributed by atoms with Crippen molar-refractivity contribution in [3.63, 3.8) is 0 Å². The van der Waals surface area contributed by atoms with Crippen LogP contribution in [-0.2, 0) is 65.4 Å². The summed E-state index contributed by atoms with van der Waals surface area (Å²) in [5.74, 6) is 0.214. The molecule has 594 valence electrons. The van der Waals surface area contributed by atoms with Crippen molar-refractivity contribution >= 4 is 39.5 Å². The Balaban J connectivity index is 5.26. The average molecular weight is 1470 g/mol. The number of carbonyl (C=O) groups excluding carboxylic acids is 4. The van der Waals surface area contributed by atoms with Crippen LogP contribution in [0.25, 0.3) is 0 Å². The van der Waals surface area contributed by atoms with Gasteiger partial charge in [0, 0.05) is 25.7 Å². The van der Waals surface area contributed by atoms with Crippen LogP contribution < -0.4 is 0 Å². The maximum absolute atomic E-state index is 13.1. The van der Waals surface area contributed by atoms with Crippen molar-refractivity contribution in [2.24, 2.45) is 17.8 Å². The Morgan fingerprint density at radius 3 is 0.760 bits per heavy atom. The second-order valence-corrected chi connectivity index (χ2v) is 33.3. The fourth-order valence-electron chi connectivity index (χ4n) is 12.5. The van der Waals surface area contributed by atoms with Gasteiger partial charge in [0.25, 0.3) is 0 Å². The Kier molecular flexibility index (Phi) is 69.9. The summed E-state index contributed by atoms with van der Waals surface area (Å²) in [7, 11) is -9.92. The van der Waals surface area contributed by atoms with Crippen molar-refractivity contribution < 1.29 is 80.2 Å². The molecule has 0 saturated carbocycles. The number of carbonyl (C=O) groups is 4. The minimum absolute atomic E-state index is 0.106. The predicted octanol–water partition coefficient (Wildman–Crippen LogP) is 24.1. The molecule has 0 aromatic carbocycles. The van der Waals surface area contributed by atoms with Crippen LogP contribution in [0.15, 0.2) is 0 Å². The summed E-state index contributed by atoms with van der Waals surface area (Å²) in [5.41, 5.74) is 0. The Bertz CT molecular complexity index is 1940. The molecule has 19 heteroatoms. The van der Waals surface area contributed by atoms with Crippen molar-refractivity contribution in [3.8, 4) is 0 Å². The molecule has 100 heavy (non-hydrogen) atoms. The average Bonchev–Trinajstić information content (AvgIpc) is 0.935. The van der Waals surface area contributed by atoms with Crippen LogP contribution in [0, 0.1) is 17.8 Å². The van der Waals surface area contributed by atoms with Gasteiger partial charge >= 0.3 is 39.5 Å². The van der Waals surface area contributed by atoms with Gasteiger partial charge in [-0.15, -0.1) is 0 Å². The molecule has 3 N–H and O–H groups in total. The lowest BCUT2D eigenvalue weighted by Crippen LogP contribution is -2.30. The summed E-state index contributed by atoms with van der Waals surface area (Å²) in [4.78, 5) is 73.1. The molecule has 0 heterocycles. The standard InChI is InChI=1S/C81H158O17P2/c1-8-10-11-12-13-14-15-16-17-18-19-20-21-22-29-34-43-50-57-64-80(85)97-76(68-91-78(83)62-55-48-41-33-28-24-23-26-31-38-45-52-59-72(3)4)70-95-99(87,88)93-66-75(82)67-94-100(89,90)96-71-77(69-92-79(84)63-56-49-42-37-36-40-47-54-61-74(7)9-2)98-81(86)65-58-51-44-35-30-25-27-32-39-46-53-60-73(5)6/h72-77,82H,8-71H2,1-7H3,(H,87,88)(H,89,90)/t74?,75-,76-,77-/m1/s1. The van der Waals surface area contributed by atoms with Crippen LogP contribution in [0.5, 0.6) is 0 Å². The minimum Gasteiger partial charge on any atom is -0.462 e. The first-order valence-electron chi connectivity index (χ1n) is 41.9. The molecular weight excluding hydrogens is 1310 g/mol. The lowest BCUT2D eigenvalue weighted by molar-refractivity contribution is -0.161. The van der Waals surface area contributed by atoms with Gasteiger partial charge in [-0.05, 0) is 43.4 Å². The molecule has 0 aromatic heterocycles. The summed E-state index contributed by atoms with van der Waals surface area (Å²) in [6.07, 6.45) is 59.6. The van der Waals surface area contributed by atoms with E-state index in [0.29, 0.717) is 25.7 Å². The van der Waals surface area contributed by atoms with Gasteiger partial charge in [-0.1, -0.05) is 370 Å². The summed E-state index contributed by atoms with van der Waals surface area (Å²) < 4.78 is 68.8. The monoisotopic (exact) mass is 1470 g/mol. The van der Waals surface area contributed by atoms with Gasteiger partial charge in [0.15, 0.2) is 12.2 Å². The number of aliphatic hydroxyl groups is 1. The van der Waals surface area contributed by atoms with Gasteiger partial charge in [0.1, 0.15) is 19.3 Å². The lowest BCUT2D eigenvalue weighted by atomic mass is 9.99. The van der Waals surface area contributed by atoms with E-state index >= 15 is 0 Å². The first-order chi connectivity index (χ1) is 48.3. The smallest absolute Gasteiger partial charge is 0.462 e. The Morgan fingerprint density at radius 2 is 0.510 bits per heavy atom. The highest BCUT2D eigenvalue weighted by Crippen LogP contribution is 2.45. The molecule has 0 aliphatic carbocycles. The van der Waals surface area contributed by atoms with Crippen molar-refractivity contribution in [3.05, 3.63) is 0 Å². The zero-order valence-corrected chi connectivity index (χ0v) is 67.5. The Labute approximate surface area is 613 Å². The normalized spacial score (nSPS) is 14.2. The van der Waals surface area contributed by atoms with E-state index in [4.69, 9.17) is 37.0 Å². The zero-order chi connectivity index (χ0) is 73.7. The number of phosphoric ester groups is 2. The Hall–Kier alpha value is -1.94. The highest BCUT2D eigenvalue weighted by Gasteiger charge is 2.30. The van der Waals surface area contributed by atoms with E-state index < -0.39 is 97.5 Å². The lowest BCUT2D eigenvalue weighted by Gasteiger charge is -2.21. The van der Waals surface area contributed by atoms with Crippen LogP contribution in [0.1, 0.15) is 421 Å². The maximum atomic E-state index is 13.1. The molecule has 0 fully saturated rings. The first-order valence-corrected chi connectivity index (χ1v) is 44.9. The number of hydrogen-bond donors (Lipinski definition) is 3. The van der Waals surface area contributed by atoms with E-state index in [1.54, 1.807) is 0 Å². The third-order valence-electron chi connectivity index (χ3n) is 19.2. The second kappa shape index (κ2) is 71.3. The number of phosphoric acid groups is 2. The first kappa shape index (κ1) is 98.1. The molecule has 0 amide bonds. The van der Waals surface area contributed by atoms with Gasteiger partial charge in [0.05, 0.1) is 26.4 Å². The van der Waals surface area contributed by atoms with E-state index in [1.165, 1.54) is 231 Å². The molecule has 0 radical (unpaired) electrons. The van der Waals surface area contributed by atoms with Crippen molar-refractivity contribution in [1.29, 1.82) is 0 Å². The summed E-state index contributed by atoms with van der Waals surface area (Å²) in [5, 5.41) is 10.6. The summed E-state index contributed by atoms with van der Waals surface area (Å²) >= 11 is 0. The van der Waals surface area contributed by atoms with E-state index in [2.05, 4.69) is 48.5 Å². The molecule has 0 rings (SSSR count). The number of aliphatic hydroxyl groups excluding tert-OH is 1. The van der Waals surface area contributed by atoms with Gasteiger partial charge in [-0.25, -0.2) is 9.13 Å². The fourth-order valence-corrected chi connectivity index (χ4v) is 14.0. The van der Waals surface area contributed by atoms with Crippen molar-refractivity contribution in [1.82, 2.24) is 0 Å². The Morgan fingerprint density at radius 1 is 0.290 bits per heavy atom. The predicted molar refractivity (Wildman–Crippen MR) is 409 cm³/mol. The number of hydrogen-bond acceptors (Lipinski definition) is 15. The highest BCUT2D eigenvalue weighted by atomic mass is 31.2. The molecule has 3 unspecified atom stereocenters. The van der Waals surface area contributed by atoms with Crippen LogP contribution in [-0.4, -0.2) is 96.7 Å². The zero-order valence-electron chi connectivity index (χ0n) is 65.7. The van der Waals surface area contributed by atoms with Gasteiger partial charge in [-0.3, -0.25) is 37.3 Å². The second-order valence-electron chi connectivity index (χ2n) is 30.4. The third kappa shape index (κ3) is 73.0. The molecular formula is C81H158O17P2. The van der Waals surface area contributed by atoms with E-state index in [-0.39, 0.29) is 25.7 Å². The van der Waals surface area contributed by atoms with E-state index in [0.717, 1.165) is 108 Å². The number of esters is 4. The summed E-state index contributed by atoms with van der Waals surface area (Å²) in [6, 6.07) is 0. The molecule has 0 saturated heterocycles. The number of ether oxygens (including phenoxy) is 4. The van der Waals surface area contributed by atoms with Crippen LogP contribution in [0.4, 0.5) is 0 Å². The molecule has 0 spiro atoms. The molecule has 17 nitrogen and oxygen atoms in total. The molecule has 0 aliphatic rings.